The Hall–Kier alpha value is -1.36. The number of hydrogen-bond donors (Lipinski definition) is 1. The van der Waals surface area contributed by atoms with Crippen molar-refractivity contribution in [2.24, 2.45) is 0 Å². The molecule has 1 N–H and O–H groups in total. The quantitative estimate of drug-likeness (QED) is 0.932. The molecule has 6 heteroatoms. The fourth-order valence-electron chi connectivity index (χ4n) is 1.21. The van der Waals surface area contributed by atoms with Gasteiger partial charge in [-0.1, -0.05) is 23.2 Å². The van der Waals surface area contributed by atoms with E-state index in [4.69, 9.17) is 33.0 Å². The second-order valence-electron chi connectivity index (χ2n) is 3.19. The van der Waals surface area contributed by atoms with Crippen LogP contribution in [0.3, 0.4) is 0 Å². The van der Waals surface area contributed by atoms with Gasteiger partial charge in [-0.3, -0.25) is 0 Å². The molecule has 1 aromatic heterocycles. The van der Waals surface area contributed by atoms with Crippen molar-refractivity contribution in [1.82, 2.24) is 9.97 Å². The minimum Gasteiger partial charge on any atom is -0.437 e. The summed E-state index contributed by atoms with van der Waals surface area (Å²) in [5, 5.41) is 9.99. The van der Waals surface area contributed by atoms with E-state index < -0.39 is 0 Å². The van der Waals surface area contributed by atoms with Crippen LogP contribution in [-0.4, -0.2) is 15.1 Å². The van der Waals surface area contributed by atoms with E-state index in [2.05, 4.69) is 9.97 Å². The van der Waals surface area contributed by atoms with E-state index >= 15 is 0 Å². The Kier molecular flexibility index (Phi) is 3.78. The van der Waals surface area contributed by atoms with Crippen LogP contribution in [0.1, 0.15) is 5.56 Å². The van der Waals surface area contributed by atoms with Gasteiger partial charge in [-0.25, -0.2) is 9.97 Å². The summed E-state index contributed by atoms with van der Waals surface area (Å²) in [6, 6.07) is 4.86. The molecular weight excluding hydrogens is 263 g/mol. The zero-order valence-corrected chi connectivity index (χ0v) is 10.1. The molecule has 2 aromatic rings. The van der Waals surface area contributed by atoms with Crippen LogP contribution in [0, 0.1) is 0 Å². The maximum atomic E-state index is 9.10. The zero-order valence-electron chi connectivity index (χ0n) is 8.60. The SMILES string of the molecule is OCc1cncnc1Oc1ccc(Cl)cc1Cl. The van der Waals surface area contributed by atoms with E-state index in [9.17, 15) is 0 Å². The normalized spacial score (nSPS) is 10.3. The molecule has 1 aromatic carbocycles. The number of aromatic nitrogens is 2. The van der Waals surface area contributed by atoms with Gasteiger partial charge in [0.1, 0.15) is 12.1 Å². The van der Waals surface area contributed by atoms with Crippen molar-refractivity contribution in [1.29, 1.82) is 0 Å². The molecule has 0 radical (unpaired) electrons. The van der Waals surface area contributed by atoms with Crippen molar-refractivity contribution in [2.45, 2.75) is 6.61 Å². The second kappa shape index (κ2) is 5.31. The highest BCUT2D eigenvalue weighted by Crippen LogP contribution is 2.31. The first kappa shape index (κ1) is 12.1. The largest absolute Gasteiger partial charge is 0.437 e. The maximum Gasteiger partial charge on any atom is 0.227 e. The first-order chi connectivity index (χ1) is 8.20. The molecule has 0 saturated heterocycles. The number of halogens is 2. The molecule has 0 aliphatic rings. The maximum absolute atomic E-state index is 9.10. The predicted octanol–water partition coefficient (Wildman–Crippen LogP) is 3.07. The highest BCUT2D eigenvalue weighted by atomic mass is 35.5. The van der Waals surface area contributed by atoms with Crippen molar-refractivity contribution >= 4 is 23.2 Å². The molecular formula is C11H8Cl2N2O2. The van der Waals surface area contributed by atoms with E-state index in [1.54, 1.807) is 18.2 Å². The van der Waals surface area contributed by atoms with Crippen LogP contribution in [0.5, 0.6) is 11.6 Å². The summed E-state index contributed by atoms with van der Waals surface area (Å²) in [5.41, 5.74) is 0.485. The van der Waals surface area contributed by atoms with Crippen molar-refractivity contribution in [3.05, 3.63) is 46.3 Å². The van der Waals surface area contributed by atoms with Gasteiger partial charge in [0.2, 0.25) is 5.88 Å². The number of aliphatic hydroxyl groups is 1. The van der Waals surface area contributed by atoms with Crippen LogP contribution in [0.25, 0.3) is 0 Å². The van der Waals surface area contributed by atoms with E-state index in [0.29, 0.717) is 21.4 Å². The smallest absolute Gasteiger partial charge is 0.227 e. The average Bonchev–Trinajstić information content (AvgIpc) is 2.33. The Morgan fingerprint density at radius 1 is 1.29 bits per heavy atom. The van der Waals surface area contributed by atoms with Gasteiger partial charge in [-0.05, 0) is 18.2 Å². The number of rotatable bonds is 3. The lowest BCUT2D eigenvalue weighted by Crippen LogP contribution is -1.96. The Labute approximate surface area is 108 Å². The molecule has 0 aliphatic carbocycles. The third-order valence-electron chi connectivity index (χ3n) is 2.02. The van der Waals surface area contributed by atoms with Crippen molar-refractivity contribution in [3.8, 4) is 11.6 Å². The summed E-state index contributed by atoms with van der Waals surface area (Å²) in [5.74, 6) is 0.691. The van der Waals surface area contributed by atoms with Crippen LogP contribution < -0.4 is 4.74 Å². The highest BCUT2D eigenvalue weighted by molar-refractivity contribution is 6.35. The molecule has 2 rings (SSSR count). The van der Waals surface area contributed by atoms with Gasteiger partial charge in [-0.15, -0.1) is 0 Å². The number of benzene rings is 1. The fourth-order valence-corrected chi connectivity index (χ4v) is 1.66. The number of aliphatic hydroxyl groups excluding tert-OH is 1. The van der Waals surface area contributed by atoms with E-state index in [-0.39, 0.29) is 12.5 Å². The van der Waals surface area contributed by atoms with Gasteiger partial charge in [0.25, 0.3) is 0 Å². The summed E-state index contributed by atoms with van der Waals surface area (Å²) in [6.07, 6.45) is 2.81. The van der Waals surface area contributed by atoms with Gasteiger partial charge < -0.3 is 9.84 Å². The van der Waals surface area contributed by atoms with Gasteiger partial charge >= 0.3 is 0 Å². The lowest BCUT2D eigenvalue weighted by Gasteiger charge is -2.09. The van der Waals surface area contributed by atoms with Gasteiger partial charge in [0.15, 0.2) is 0 Å². The third-order valence-corrected chi connectivity index (χ3v) is 2.55. The number of hydrogen-bond acceptors (Lipinski definition) is 4. The molecule has 0 amide bonds. The molecule has 0 saturated carbocycles. The molecule has 0 atom stereocenters. The lowest BCUT2D eigenvalue weighted by molar-refractivity contribution is 0.274. The first-order valence-electron chi connectivity index (χ1n) is 4.73. The predicted molar refractivity (Wildman–Crippen MR) is 64.5 cm³/mol. The summed E-state index contributed by atoms with van der Waals surface area (Å²) < 4.78 is 5.48. The Bertz CT molecular complexity index is 535. The molecule has 0 spiro atoms. The van der Waals surface area contributed by atoms with Crippen LogP contribution in [0.4, 0.5) is 0 Å². The minimum absolute atomic E-state index is 0.207. The third kappa shape index (κ3) is 2.85. The Morgan fingerprint density at radius 3 is 2.82 bits per heavy atom. The number of nitrogens with zero attached hydrogens (tertiary/aromatic N) is 2. The molecule has 17 heavy (non-hydrogen) atoms. The molecule has 0 bridgehead atoms. The average molecular weight is 271 g/mol. The summed E-state index contributed by atoms with van der Waals surface area (Å²) in [4.78, 5) is 7.71. The van der Waals surface area contributed by atoms with Crippen molar-refractivity contribution in [2.75, 3.05) is 0 Å². The standard InChI is InChI=1S/C11H8Cl2N2O2/c12-8-1-2-10(9(13)3-8)17-11-7(5-16)4-14-6-15-11/h1-4,6,16H,5H2. The van der Waals surface area contributed by atoms with E-state index in [1.807, 2.05) is 0 Å². The van der Waals surface area contributed by atoms with Crippen LogP contribution in [0.2, 0.25) is 10.0 Å². The summed E-state index contributed by atoms with van der Waals surface area (Å²) in [7, 11) is 0. The Morgan fingerprint density at radius 2 is 2.12 bits per heavy atom. The Balaban J connectivity index is 2.31. The van der Waals surface area contributed by atoms with Crippen molar-refractivity contribution < 1.29 is 9.84 Å². The molecule has 0 unspecified atom stereocenters. The number of ether oxygens (including phenoxy) is 1. The summed E-state index contributed by atoms with van der Waals surface area (Å²) in [6.45, 7) is -0.207. The van der Waals surface area contributed by atoms with Crippen LogP contribution in [-0.2, 0) is 6.61 Å². The monoisotopic (exact) mass is 270 g/mol. The molecule has 0 aliphatic heterocycles. The summed E-state index contributed by atoms with van der Waals surface area (Å²) >= 11 is 11.7. The molecule has 0 fully saturated rings. The van der Waals surface area contributed by atoms with Crippen LogP contribution in [0.15, 0.2) is 30.7 Å². The molecule has 4 nitrogen and oxygen atoms in total. The molecule has 1 heterocycles. The minimum atomic E-state index is -0.207. The fraction of sp³-hybridized carbons (Fsp3) is 0.0909. The van der Waals surface area contributed by atoms with Crippen LogP contribution >= 0.6 is 23.2 Å². The first-order valence-corrected chi connectivity index (χ1v) is 5.49. The topological polar surface area (TPSA) is 55.2 Å². The highest BCUT2D eigenvalue weighted by Gasteiger charge is 2.08. The van der Waals surface area contributed by atoms with Crippen molar-refractivity contribution in [3.63, 3.8) is 0 Å². The second-order valence-corrected chi connectivity index (χ2v) is 4.03. The zero-order chi connectivity index (χ0) is 12.3. The molecule has 88 valence electrons. The van der Waals surface area contributed by atoms with E-state index in [1.165, 1.54) is 12.5 Å². The van der Waals surface area contributed by atoms with Gasteiger partial charge in [0.05, 0.1) is 17.2 Å². The van der Waals surface area contributed by atoms with Gasteiger partial charge in [0, 0.05) is 11.2 Å². The van der Waals surface area contributed by atoms with E-state index in [0.717, 1.165) is 0 Å². The lowest BCUT2D eigenvalue weighted by atomic mass is 10.3. The van der Waals surface area contributed by atoms with Gasteiger partial charge in [-0.2, -0.15) is 0 Å².